The van der Waals surface area contributed by atoms with Gasteiger partial charge in [0.15, 0.2) is 17.5 Å². The van der Waals surface area contributed by atoms with E-state index in [1.165, 1.54) is 6.92 Å². The molecule has 1 aliphatic carbocycles. The predicted octanol–water partition coefficient (Wildman–Crippen LogP) is 5.04. The highest BCUT2D eigenvalue weighted by Gasteiger charge is 2.72. The van der Waals surface area contributed by atoms with Crippen LogP contribution in [0.4, 0.5) is 35.4 Å². The fraction of sp³-hybridized carbons (Fsp3) is 0.600. The van der Waals surface area contributed by atoms with E-state index >= 15 is 0 Å². The van der Waals surface area contributed by atoms with Gasteiger partial charge in [-0.25, -0.2) is 22.0 Å². The molecule has 0 bridgehead atoms. The molecule has 9 heteroatoms. The number of alkyl halides is 1. The van der Waals surface area contributed by atoms with Gasteiger partial charge in [-0.1, -0.05) is 13.3 Å². The number of hydrogen-bond acceptors (Lipinski definition) is 0. The number of hydrogen-bond donors (Lipinski definition) is 0. The molecule has 0 aliphatic heterocycles. The minimum atomic E-state index is -4.87. The van der Waals surface area contributed by atoms with Crippen molar-refractivity contribution in [3.05, 3.63) is 23.3 Å². The summed E-state index contributed by atoms with van der Waals surface area (Å²) >= 11 is 0. The maximum absolute atomic E-state index is 13.5. The molecular formula is C10H10F8N+. The van der Waals surface area contributed by atoms with Gasteiger partial charge in [-0.05, 0) is 6.42 Å². The fourth-order valence-electron chi connectivity index (χ4n) is 1.87. The molecule has 0 aromatic rings. The van der Waals surface area contributed by atoms with Gasteiger partial charge in [0.25, 0.3) is 5.15 Å². The van der Waals surface area contributed by atoms with Crippen molar-refractivity contribution >= 4 is 0 Å². The Balaban J connectivity index is 3.48. The predicted molar refractivity (Wildman–Crippen MR) is 49.2 cm³/mol. The van der Waals surface area contributed by atoms with Crippen molar-refractivity contribution in [2.45, 2.75) is 37.9 Å². The van der Waals surface area contributed by atoms with Crippen LogP contribution in [0.3, 0.4) is 0 Å². The zero-order valence-corrected chi connectivity index (χ0v) is 9.67. The first-order valence-corrected chi connectivity index (χ1v) is 5.34. The third-order valence-corrected chi connectivity index (χ3v) is 2.98. The maximum atomic E-state index is 13.5. The number of quaternary nitrogens is 1. The molecule has 0 N–H and O–H groups in total. The third-order valence-electron chi connectivity index (χ3n) is 2.98. The van der Waals surface area contributed by atoms with Gasteiger partial charge in [-0.2, -0.15) is 0 Å². The van der Waals surface area contributed by atoms with E-state index in [1.807, 2.05) is 0 Å². The molecule has 0 fully saturated rings. The highest BCUT2D eigenvalue weighted by Crippen LogP contribution is 2.52. The van der Waals surface area contributed by atoms with Crippen LogP contribution < -0.4 is 0 Å². The Morgan fingerprint density at radius 2 is 1.58 bits per heavy atom. The molecule has 19 heavy (non-hydrogen) atoms. The first-order valence-electron chi connectivity index (χ1n) is 5.34. The normalized spacial score (nSPS) is 29.2. The Kier molecular flexibility index (Phi) is 4.28. The lowest BCUT2D eigenvalue weighted by Gasteiger charge is -2.32. The Labute approximate surface area is 103 Å². The van der Waals surface area contributed by atoms with E-state index < -0.39 is 46.6 Å². The average Bonchev–Trinajstić information content (AvgIpc) is 2.33. The summed E-state index contributed by atoms with van der Waals surface area (Å²) in [5.41, 5.74) is -4.06. The van der Waals surface area contributed by atoms with Gasteiger partial charge in [0.2, 0.25) is 12.0 Å². The van der Waals surface area contributed by atoms with Gasteiger partial charge in [0.05, 0.1) is 13.4 Å². The summed E-state index contributed by atoms with van der Waals surface area (Å²) in [5, 5.41) is -4.87. The van der Waals surface area contributed by atoms with E-state index in [9.17, 15) is 35.4 Å². The van der Waals surface area contributed by atoms with Crippen molar-refractivity contribution in [1.82, 2.24) is 0 Å². The quantitative estimate of drug-likeness (QED) is 0.503. The SMILES string of the molecule is CCCCC1([N+](F)(F)F)C(F)=C(F)C(F)=C(F)C1F. The van der Waals surface area contributed by atoms with Crippen LogP contribution in [0.1, 0.15) is 26.2 Å². The van der Waals surface area contributed by atoms with Gasteiger partial charge in [0.1, 0.15) is 0 Å². The Morgan fingerprint density at radius 1 is 1.05 bits per heavy atom. The summed E-state index contributed by atoms with van der Waals surface area (Å²) in [7, 11) is 0. The van der Waals surface area contributed by atoms with Crippen LogP contribution in [0.5, 0.6) is 0 Å². The maximum Gasteiger partial charge on any atom is 0.308 e. The Bertz CT molecular complexity index is 424. The summed E-state index contributed by atoms with van der Waals surface area (Å²) in [6.07, 6.45) is -5.11. The van der Waals surface area contributed by atoms with Crippen molar-refractivity contribution in [1.29, 1.82) is 0 Å². The van der Waals surface area contributed by atoms with Crippen LogP contribution in [0.25, 0.3) is 0 Å². The molecule has 110 valence electrons. The number of unbranched alkanes of at least 4 members (excludes halogenated alkanes) is 1. The molecule has 0 heterocycles. The van der Waals surface area contributed by atoms with Crippen LogP contribution >= 0.6 is 0 Å². The summed E-state index contributed by atoms with van der Waals surface area (Å²) in [4.78, 5) is 0. The number of rotatable bonds is 4. The van der Waals surface area contributed by atoms with E-state index in [0.29, 0.717) is 0 Å². The van der Waals surface area contributed by atoms with E-state index in [0.717, 1.165) is 0 Å². The molecule has 0 saturated heterocycles. The van der Waals surface area contributed by atoms with Crippen LogP contribution in [0, 0.1) is 0 Å². The minimum Gasteiger partial charge on any atom is -0.232 e. The van der Waals surface area contributed by atoms with Crippen LogP contribution in [-0.2, 0) is 0 Å². The summed E-state index contributed by atoms with van der Waals surface area (Å²) < 4.78 is 104. The van der Waals surface area contributed by atoms with Crippen LogP contribution in [0.15, 0.2) is 23.3 Å². The lowest BCUT2D eigenvalue weighted by Crippen LogP contribution is -2.58. The molecule has 2 unspecified atom stereocenters. The highest BCUT2D eigenvalue weighted by molar-refractivity contribution is 5.38. The van der Waals surface area contributed by atoms with Gasteiger partial charge in [-0.3, -0.25) is 0 Å². The van der Waals surface area contributed by atoms with Crippen LogP contribution in [-0.4, -0.2) is 16.9 Å². The molecule has 0 aromatic heterocycles. The molecule has 0 saturated carbocycles. The second kappa shape index (κ2) is 5.10. The zero-order chi connectivity index (χ0) is 15.0. The molecular weight excluding hydrogens is 286 g/mol. The van der Waals surface area contributed by atoms with E-state index in [4.69, 9.17) is 0 Å². The molecule has 2 atom stereocenters. The third kappa shape index (κ3) is 2.24. The number of halogens is 8. The minimum absolute atomic E-state index is 0.108. The standard InChI is InChI=1S/C10H10F8N/c1-2-3-4-10(19(16,17)18)8(14)6(12)5(11)7(13)9(10)15/h8H,2-4H2,1H3/q+1. The zero-order valence-electron chi connectivity index (χ0n) is 9.67. The molecule has 0 aromatic carbocycles. The molecule has 1 aliphatic rings. The van der Waals surface area contributed by atoms with Crippen molar-refractivity contribution in [2.24, 2.45) is 0 Å². The van der Waals surface area contributed by atoms with Crippen LogP contribution in [0.2, 0.25) is 0 Å². The average molecular weight is 296 g/mol. The summed E-state index contributed by atoms with van der Waals surface area (Å²) in [6, 6.07) is 0. The molecule has 0 amide bonds. The van der Waals surface area contributed by atoms with Crippen molar-refractivity contribution in [3.8, 4) is 0 Å². The summed E-state index contributed by atoms with van der Waals surface area (Å²) in [5.74, 6) is -10.5. The van der Waals surface area contributed by atoms with Gasteiger partial charge in [0, 0.05) is 6.42 Å². The van der Waals surface area contributed by atoms with Crippen molar-refractivity contribution < 1.29 is 40.5 Å². The monoisotopic (exact) mass is 296 g/mol. The molecule has 1 rings (SSSR count). The molecule has 0 spiro atoms. The Morgan fingerprint density at radius 3 is 2.00 bits per heavy atom. The molecule has 0 radical (unpaired) electrons. The number of nitrogens with zero attached hydrogens (tertiary/aromatic N) is 1. The van der Waals surface area contributed by atoms with Crippen molar-refractivity contribution in [2.75, 3.05) is 0 Å². The van der Waals surface area contributed by atoms with Gasteiger partial charge in [-0.15, -0.1) is 0 Å². The van der Waals surface area contributed by atoms with E-state index in [-0.39, 0.29) is 12.8 Å². The van der Waals surface area contributed by atoms with Crippen molar-refractivity contribution in [3.63, 3.8) is 0 Å². The topological polar surface area (TPSA) is 0 Å². The molecule has 1 nitrogen and oxygen atoms in total. The first kappa shape index (κ1) is 15.9. The lowest BCUT2D eigenvalue weighted by molar-refractivity contribution is -1.30. The van der Waals surface area contributed by atoms with Gasteiger partial charge >= 0.3 is 5.54 Å². The lowest BCUT2D eigenvalue weighted by atomic mass is 9.82. The largest absolute Gasteiger partial charge is 0.308 e. The second-order valence-electron chi connectivity index (χ2n) is 4.13. The fourth-order valence-corrected chi connectivity index (χ4v) is 1.87. The summed E-state index contributed by atoms with van der Waals surface area (Å²) in [6.45, 7) is 1.43. The van der Waals surface area contributed by atoms with E-state index in [2.05, 4.69) is 0 Å². The highest BCUT2D eigenvalue weighted by atomic mass is 19.6. The smallest absolute Gasteiger partial charge is 0.232 e. The second-order valence-corrected chi connectivity index (χ2v) is 4.13. The Hall–Kier alpha value is -1.12. The van der Waals surface area contributed by atoms with E-state index in [1.54, 1.807) is 0 Å². The number of allylic oxidation sites excluding steroid dienone is 2. The first-order chi connectivity index (χ1) is 8.61. The van der Waals surface area contributed by atoms with Gasteiger partial charge < -0.3 is 0 Å².